The van der Waals surface area contributed by atoms with E-state index in [1.54, 1.807) is 43.6 Å². The van der Waals surface area contributed by atoms with Crippen molar-refractivity contribution in [3.63, 3.8) is 0 Å². The number of aliphatic hydroxyl groups is 2. The fourth-order valence-corrected chi connectivity index (χ4v) is 17.3. The lowest BCUT2D eigenvalue weighted by molar-refractivity contribution is -0.228. The maximum atomic E-state index is 13.7. The minimum atomic E-state index is -1.74. The first-order valence-corrected chi connectivity index (χ1v) is 32.4. The van der Waals surface area contributed by atoms with E-state index < -0.39 is 60.0 Å². The molecule has 2 aliphatic heterocycles. The summed E-state index contributed by atoms with van der Waals surface area (Å²) >= 11 is 1.38. The normalized spacial score (nSPS) is 26.2. The summed E-state index contributed by atoms with van der Waals surface area (Å²) in [6.45, 7) is 7.89. The zero-order chi connectivity index (χ0) is 66.8. The number of pyridine rings is 1. The number of carboxylic acid groups (broad SMARTS) is 2. The molecule has 1 saturated heterocycles. The van der Waals surface area contributed by atoms with Crippen LogP contribution in [0.25, 0.3) is 43.6 Å². The van der Waals surface area contributed by atoms with Crippen LogP contribution in [0.3, 0.4) is 0 Å². The molecule has 7 N–H and O–H groups in total. The van der Waals surface area contributed by atoms with E-state index in [4.69, 9.17) is 38.5 Å². The number of benzene rings is 3. The van der Waals surface area contributed by atoms with Crippen molar-refractivity contribution in [2.24, 2.45) is 21.7 Å². The van der Waals surface area contributed by atoms with Crippen LogP contribution >= 0.6 is 11.3 Å². The summed E-state index contributed by atoms with van der Waals surface area (Å²) < 4.78 is 39.0. The van der Waals surface area contributed by atoms with E-state index in [0.717, 1.165) is 76.9 Å². The molecular weight excluding hydrogens is 1250 g/mol. The van der Waals surface area contributed by atoms with Crippen molar-refractivity contribution >= 4 is 79.2 Å². The second kappa shape index (κ2) is 25.2. The number of anilines is 1. The minimum absolute atomic E-state index is 0.00638. The number of rotatable bonds is 26. The Morgan fingerprint density at radius 1 is 0.863 bits per heavy atom. The Labute approximate surface area is 548 Å². The molecule has 1 spiro atoms. The number of carbonyl (C=O) groups is 7. The molecule has 3 bridgehead atoms. The Kier molecular flexibility index (Phi) is 17.1. The number of aromatic carboxylic acids is 1. The van der Waals surface area contributed by atoms with Gasteiger partial charge in [0.15, 0.2) is 16.9 Å². The Morgan fingerprint density at radius 3 is 2.45 bits per heavy atom. The number of fused-ring (bicyclic) bond motifs is 4. The van der Waals surface area contributed by atoms with E-state index in [2.05, 4.69) is 34.4 Å². The van der Waals surface area contributed by atoms with E-state index in [1.807, 2.05) is 48.0 Å². The number of carboxylic acids is 2. The van der Waals surface area contributed by atoms with Crippen LogP contribution in [0.1, 0.15) is 97.3 Å². The smallest absolute Gasteiger partial charge is 0.409 e. The molecule has 0 radical (unpaired) electrons. The standard InChI is InChI=1S/C68H73N9O17S/c1-38-44(42-14-15-45(71-56(42)60(84)85)47-26-39-8-7-9-43(55(39)72-47)59(83)74-62-73-46-10-5-6-11-50(46)95-62)29-70-77(38)37-66-32-64(2)31-65(3)33-67(34-66,36-68(64,65)35-66)92-23-21-75(4)63(88)91-30-40-12-13-41(93-54-28-48(78)57(82)58(94-54)61(86)87)27-49(40)90-25-24-89-22-19-69-51(79)18-20-76-52(80)16-17-53(76)81/h5-17,26-27,29,48,54,57-58,72,78,82H,18-25,28,30-37H2,1-4H3,(H,69,79)(H,84,85)(H,86,87)(H,73,74,83)/t48-,54-,57+,58+,64?,65?,66?,67?,68?/m1/s1. The van der Waals surface area contributed by atoms with Gasteiger partial charge in [0.25, 0.3) is 17.7 Å². The molecule has 4 aromatic heterocycles. The van der Waals surface area contributed by atoms with Crippen LogP contribution < -0.4 is 20.1 Å². The van der Waals surface area contributed by atoms with E-state index >= 15 is 0 Å². The average molecular weight is 1320 g/mol. The van der Waals surface area contributed by atoms with Gasteiger partial charge in [0.2, 0.25) is 12.2 Å². The fourth-order valence-electron chi connectivity index (χ4n) is 16.5. The highest BCUT2D eigenvalue weighted by Crippen LogP contribution is 2.89. The Bertz CT molecular complexity index is 4210. The van der Waals surface area contributed by atoms with Crippen LogP contribution in [0.15, 0.2) is 97.2 Å². The van der Waals surface area contributed by atoms with Gasteiger partial charge in [-0.3, -0.25) is 34.1 Å². The van der Waals surface area contributed by atoms with E-state index in [-0.39, 0.29) is 116 Å². The number of nitrogens with one attached hydrogen (secondary N) is 3. The summed E-state index contributed by atoms with van der Waals surface area (Å²) in [6, 6.07) is 23.1. The van der Waals surface area contributed by atoms with Crippen molar-refractivity contribution < 1.29 is 82.4 Å². The van der Waals surface area contributed by atoms with Gasteiger partial charge in [-0.1, -0.05) is 49.4 Å². The van der Waals surface area contributed by atoms with Crippen LogP contribution in [0.5, 0.6) is 11.5 Å². The molecule has 26 nitrogen and oxygen atoms in total. The summed E-state index contributed by atoms with van der Waals surface area (Å²) in [7, 11) is 1.63. The van der Waals surface area contributed by atoms with Crippen LogP contribution in [0.4, 0.5) is 9.93 Å². The third kappa shape index (κ3) is 12.3. The van der Waals surface area contributed by atoms with Crippen LogP contribution in [-0.4, -0.2) is 180 Å². The third-order valence-electron chi connectivity index (χ3n) is 20.2. The number of imide groups is 1. The topological polar surface area (TPSA) is 346 Å². The van der Waals surface area contributed by atoms with E-state index in [1.165, 1.54) is 28.4 Å². The molecule has 5 amide bonds. The van der Waals surface area contributed by atoms with Gasteiger partial charge in [-0.15, -0.1) is 0 Å². The predicted molar refractivity (Wildman–Crippen MR) is 342 cm³/mol. The quantitative estimate of drug-likeness (QED) is 0.0204. The second-order valence-electron chi connectivity index (χ2n) is 26.6. The number of nitrogens with zero attached hydrogens (tertiary/aromatic N) is 6. The molecule has 27 heteroatoms. The first-order valence-electron chi connectivity index (χ1n) is 31.6. The van der Waals surface area contributed by atoms with Gasteiger partial charge in [0, 0.05) is 92.1 Å². The predicted octanol–water partition coefficient (Wildman–Crippen LogP) is 7.49. The average Bonchev–Trinajstić information content (AvgIpc) is 1.46. The van der Waals surface area contributed by atoms with Crippen molar-refractivity contribution in [2.75, 3.05) is 58.4 Å². The molecule has 3 aromatic carbocycles. The van der Waals surface area contributed by atoms with Crippen LogP contribution in [0, 0.1) is 28.6 Å². The number of hydrogen-bond acceptors (Lipinski definition) is 19. The Balaban J connectivity index is 0.639. The van der Waals surface area contributed by atoms with Crippen molar-refractivity contribution in [1.29, 1.82) is 0 Å². The third-order valence-corrected chi connectivity index (χ3v) is 21.2. The monoisotopic (exact) mass is 1320 g/mol. The zero-order valence-corrected chi connectivity index (χ0v) is 53.6. The number of aliphatic hydroxyl groups excluding tert-OH is 2. The zero-order valence-electron chi connectivity index (χ0n) is 52.8. The van der Waals surface area contributed by atoms with Crippen molar-refractivity contribution in [2.45, 2.75) is 115 Å². The number of para-hydroxylation sites is 2. The van der Waals surface area contributed by atoms with E-state index in [0.29, 0.717) is 50.8 Å². The SMILES string of the molecule is Cc1c(-c2ccc(-c3cc4cccc(C(=O)Nc5nc6ccccc6s5)c4[nH]3)nc2C(=O)O)cnn1CC12CC3(OCCN(C)C(=O)OCc4ccc(O[C@H]5C[C@@H](O)[C@H](O)[C@@H](C(=O)O)O5)cc4OCCOCCNC(=O)CCN4C(=O)C=CC4=O)CC4(C)CC(C)(C1)C4(C2)C3. The number of likely N-dealkylation sites (N-methyl/N-ethyl adjacent to an activating group) is 1. The second-order valence-corrected chi connectivity index (χ2v) is 27.6. The van der Waals surface area contributed by atoms with Crippen molar-refractivity contribution in [1.82, 2.24) is 39.8 Å². The van der Waals surface area contributed by atoms with Gasteiger partial charge in [-0.2, -0.15) is 5.10 Å². The number of H-pyrrole nitrogens is 1. The number of amides is 5. The van der Waals surface area contributed by atoms with Gasteiger partial charge in [0.05, 0.1) is 70.4 Å². The minimum Gasteiger partial charge on any atom is -0.491 e. The van der Waals surface area contributed by atoms with E-state index in [9.17, 15) is 54.0 Å². The Morgan fingerprint density at radius 2 is 1.66 bits per heavy atom. The molecule has 4 aliphatic carbocycles. The highest BCUT2D eigenvalue weighted by Gasteiger charge is 2.84. The summed E-state index contributed by atoms with van der Waals surface area (Å²) in [4.78, 5) is 103. The van der Waals surface area contributed by atoms with Crippen LogP contribution in [0.2, 0.25) is 0 Å². The number of hydrogen-bond donors (Lipinski definition) is 7. The first kappa shape index (κ1) is 64.6. The summed E-state index contributed by atoms with van der Waals surface area (Å²) in [5, 5.41) is 52.7. The molecule has 4 saturated carbocycles. The molecule has 5 unspecified atom stereocenters. The summed E-state index contributed by atoms with van der Waals surface area (Å²) in [5.74, 6) is -3.95. The number of carbonyl (C=O) groups excluding carboxylic acids is 5. The lowest BCUT2D eigenvalue weighted by Crippen LogP contribution is -2.57. The molecule has 9 atom stereocenters. The van der Waals surface area contributed by atoms with Gasteiger partial charge >= 0.3 is 18.0 Å². The van der Waals surface area contributed by atoms with Gasteiger partial charge < -0.3 is 64.0 Å². The lowest BCUT2D eigenvalue weighted by atomic mass is 9.40. The molecule has 5 fully saturated rings. The number of thiazole rings is 1. The maximum Gasteiger partial charge on any atom is 0.409 e. The highest BCUT2D eigenvalue weighted by atomic mass is 32.1. The number of ether oxygens (including phenoxy) is 6. The first-order chi connectivity index (χ1) is 45.5. The molecule has 7 aromatic rings. The van der Waals surface area contributed by atoms with Crippen LogP contribution in [-0.2, 0) is 51.3 Å². The summed E-state index contributed by atoms with van der Waals surface area (Å²) in [5.41, 5.74) is 4.46. The van der Waals surface area contributed by atoms with Crippen molar-refractivity contribution in [3.05, 3.63) is 120 Å². The largest absolute Gasteiger partial charge is 0.491 e. The molecule has 95 heavy (non-hydrogen) atoms. The Hall–Kier alpha value is -9.12. The number of aliphatic carboxylic acids is 1. The number of aromatic nitrogens is 5. The molecule has 6 heterocycles. The lowest BCUT2D eigenvalue weighted by Gasteiger charge is -2.64. The van der Waals surface area contributed by atoms with Gasteiger partial charge in [-0.05, 0) is 116 Å². The molecule has 6 aliphatic rings. The maximum absolute atomic E-state index is 13.7. The molecule has 498 valence electrons. The fraction of sp³-hybridized carbons (Fsp3) is 0.441. The van der Waals surface area contributed by atoms with Gasteiger partial charge in [-0.25, -0.2) is 24.4 Å². The molecular formula is C68H73N9O17S. The highest BCUT2D eigenvalue weighted by molar-refractivity contribution is 7.22. The van der Waals surface area contributed by atoms with Gasteiger partial charge in [0.1, 0.15) is 30.8 Å². The number of aromatic amines is 1. The van der Waals surface area contributed by atoms with Crippen molar-refractivity contribution in [3.8, 4) is 34.0 Å². The molecule has 13 rings (SSSR count). The summed E-state index contributed by atoms with van der Waals surface area (Å²) in [6.07, 6.45) is 2.66.